The van der Waals surface area contributed by atoms with Gasteiger partial charge in [0.05, 0.1) is 12.1 Å². The van der Waals surface area contributed by atoms with Crippen LogP contribution in [0.15, 0.2) is 17.1 Å². The summed E-state index contributed by atoms with van der Waals surface area (Å²) in [6, 6.07) is 0.447. The first-order valence-corrected chi connectivity index (χ1v) is 7.40. The predicted octanol–water partition coefficient (Wildman–Crippen LogP) is 0.268. The molecular weight excluding hydrogens is 383 g/mol. The van der Waals surface area contributed by atoms with Gasteiger partial charge in [-0.3, -0.25) is 19.2 Å². The Balaban J connectivity index is 2.74. The molecule has 0 bridgehead atoms. The van der Waals surface area contributed by atoms with Crippen LogP contribution in [0.25, 0.3) is 0 Å². The van der Waals surface area contributed by atoms with E-state index in [0.29, 0.717) is 16.8 Å². The van der Waals surface area contributed by atoms with Gasteiger partial charge >= 0.3 is 12.1 Å². The van der Waals surface area contributed by atoms with Gasteiger partial charge in [-0.05, 0) is 6.07 Å². The molecule has 0 aromatic carbocycles. The molecule has 12 heteroatoms. The number of likely N-dealkylation sites (N-methyl/N-ethyl adjacent to an activating group) is 2. The number of aromatic nitrogens is 1. The second-order valence-electron chi connectivity index (χ2n) is 5.09. The minimum absolute atomic E-state index is 0.268. The number of nitrogens with zero attached hydrogens (tertiary/aromatic N) is 2. The monoisotopic (exact) mass is 397 g/mol. The van der Waals surface area contributed by atoms with Gasteiger partial charge in [0.15, 0.2) is 6.61 Å². The summed E-state index contributed by atoms with van der Waals surface area (Å²) in [6.45, 7) is -1.88. The van der Waals surface area contributed by atoms with Gasteiger partial charge in [0.2, 0.25) is 5.91 Å². The van der Waals surface area contributed by atoms with E-state index in [4.69, 9.17) is 11.6 Å². The molecule has 1 rings (SSSR count). The van der Waals surface area contributed by atoms with Crippen molar-refractivity contribution in [2.24, 2.45) is 0 Å². The quantitative estimate of drug-likeness (QED) is 0.695. The number of pyridine rings is 1. The highest BCUT2D eigenvalue weighted by molar-refractivity contribution is 6.30. The van der Waals surface area contributed by atoms with Gasteiger partial charge in [0.25, 0.3) is 11.5 Å². The summed E-state index contributed by atoms with van der Waals surface area (Å²) in [7, 11) is 2.67. The van der Waals surface area contributed by atoms with E-state index in [0.717, 1.165) is 4.90 Å². The standard InChI is InChI=1S/C14H15ClF3N3O5/c1-19-10(22)5-20(2)11(23)7-26-12(24)6-21-4-8(14(16,17)18)3-9(15)13(21)25/h3-4H,5-7H2,1-2H3,(H,19,22). The zero-order valence-corrected chi connectivity index (χ0v) is 14.5. The predicted molar refractivity (Wildman–Crippen MR) is 83.4 cm³/mol. The number of hydrogen-bond acceptors (Lipinski definition) is 5. The third kappa shape index (κ3) is 6.06. The Morgan fingerprint density at radius 2 is 1.96 bits per heavy atom. The van der Waals surface area contributed by atoms with Crippen molar-refractivity contribution in [2.45, 2.75) is 12.7 Å². The summed E-state index contributed by atoms with van der Waals surface area (Å²) in [5.74, 6) is -2.28. The van der Waals surface area contributed by atoms with Crippen molar-refractivity contribution in [3.05, 3.63) is 33.2 Å². The van der Waals surface area contributed by atoms with Gasteiger partial charge in [-0.2, -0.15) is 13.2 Å². The van der Waals surface area contributed by atoms with E-state index < -0.39 is 53.3 Å². The summed E-state index contributed by atoms with van der Waals surface area (Å²) < 4.78 is 43.2. The summed E-state index contributed by atoms with van der Waals surface area (Å²) >= 11 is 5.46. The fourth-order valence-corrected chi connectivity index (χ4v) is 1.92. The van der Waals surface area contributed by atoms with E-state index in [2.05, 4.69) is 10.1 Å². The SMILES string of the molecule is CNC(=O)CN(C)C(=O)COC(=O)Cn1cc(C(F)(F)F)cc(Cl)c1=O. The maximum Gasteiger partial charge on any atom is 0.417 e. The number of carbonyl (C=O) groups excluding carboxylic acids is 3. The molecule has 144 valence electrons. The molecule has 0 atom stereocenters. The highest BCUT2D eigenvalue weighted by Crippen LogP contribution is 2.29. The van der Waals surface area contributed by atoms with Crippen molar-refractivity contribution in [1.29, 1.82) is 0 Å². The second kappa shape index (κ2) is 8.70. The molecule has 1 aromatic heterocycles. The topological polar surface area (TPSA) is 97.7 Å². The normalized spacial score (nSPS) is 11.0. The van der Waals surface area contributed by atoms with Crippen molar-refractivity contribution in [1.82, 2.24) is 14.8 Å². The van der Waals surface area contributed by atoms with Gasteiger partial charge in [0, 0.05) is 20.3 Å². The third-order valence-corrected chi connectivity index (χ3v) is 3.38. The number of hydrogen-bond donors (Lipinski definition) is 1. The molecule has 0 aliphatic carbocycles. The first-order chi connectivity index (χ1) is 12.0. The fraction of sp³-hybridized carbons (Fsp3) is 0.429. The largest absolute Gasteiger partial charge is 0.454 e. The van der Waals surface area contributed by atoms with E-state index in [1.165, 1.54) is 14.1 Å². The molecule has 0 aliphatic rings. The van der Waals surface area contributed by atoms with Crippen LogP contribution in [0, 0.1) is 0 Å². The van der Waals surface area contributed by atoms with Crippen molar-refractivity contribution in [3.63, 3.8) is 0 Å². The van der Waals surface area contributed by atoms with E-state index in [-0.39, 0.29) is 6.54 Å². The number of nitrogens with one attached hydrogen (secondary N) is 1. The molecule has 0 saturated heterocycles. The van der Waals surface area contributed by atoms with Gasteiger partial charge in [0.1, 0.15) is 11.6 Å². The lowest BCUT2D eigenvalue weighted by molar-refractivity contribution is -0.152. The van der Waals surface area contributed by atoms with Crippen LogP contribution in [-0.2, 0) is 31.8 Å². The average molecular weight is 398 g/mol. The molecule has 1 heterocycles. The Hall–Kier alpha value is -2.56. The van der Waals surface area contributed by atoms with Crippen LogP contribution in [0.4, 0.5) is 13.2 Å². The first kappa shape index (κ1) is 21.5. The molecule has 8 nitrogen and oxygen atoms in total. The van der Waals surface area contributed by atoms with Crippen LogP contribution in [0.5, 0.6) is 0 Å². The van der Waals surface area contributed by atoms with Crippen LogP contribution in [0.2, 0.25) is 5.02 Å². The summed E-state index contributed by atoms with van der Waals surface area (Å²) in [4.78, 5) is 47.2. The van der Waals surface area contributed by atoms with Gasteiger partial charge in [-0.25, -0.2) is 0 Å². The molecule has 1 N–H and O–H groups in total. The first-order valence-electron chi connectivity index (χ1n) is 7.03. The maximum absolute atomic E-state index is 12.7. The number of alkyl halides is 3. The molecular formula is C14H15ClF3N3O5. The average Bonchev–Trinajstić information content (AvgIpc) is 2.55. The minimum Gasteiger partial charge on any atom is -0.454 e. The smallest absolute Gasteiger partial charge is 0.417 e. The Morgan fingerprint density at radius 1 is 1.35 bits per heavy atom. The van der Waals surface area contributed by atoms with Gasteiger partial charge in [-0.1, -0.05) is 11.6 Å². The summed E-state index contributed by atoms with van der Waals surface area (Å²) in [5, 5.41) is 1.58. The second-order valence-corrected chi connectivity index (χ2v) is 5.50. The number of esters is 1. The van der Waals surface area contributed by atoms with E-state index in [1.807, 2.05) is 0 Å². The molecule has 1 aromatic rings. The molecule has 0 unspecified atom stereocenters. The van der Waals surface area contributed by atoms with Crippen LogP contribution in [0.3, 0.4) is 0 Å². The zero-order chi connectivity index (χ0) is 20.1. The Labute approximate surface area is 150 Å². The molecule has 2 amide bonds. The lowest BCUT2D eigenvalue weighted by Gasteiger charge is -2.16. The van der Waals surface area contributed by atoms with E-state index in [9.17, 15) is 32.3 Å². The van der Waals surface area contributed by atoms with E-state index in [1.54, 1.807) is 0 Å². The summed E-state index contributed by atoms with van der Waals surface area (Å²) in [5.41, 5.74) is -2.23. The Kier molecular flexibility index (Phi) is 7.19. The van der Waals surface area contributed by atoms with Crippen molar-refractivity contribution >= 4 is 29.4 Å². The van der Waals surface area contributed by atoms with Crippen LogP contribution < -0.4 is 10.9 Å². The highest BCUT2D eigenvalue weighted by Gasteiger charge is 2.32. The van der Waals surface area contributed by atoms with Crippen LogP contribution in [-0.4, -0.2) is 54.5 Å². The summed E-state index contributed by atoms with van der Waals surface area (Å²) in [6.07, 6.45) is -4.34. The lowest BCUT2D eigenvalue weighted by atomic mass is 10.2. The number of ether oxygens (including phenoxy) is 1. The Morgan fingerprint density at radius 3 is 2.50 bits per heavy atom. The van der Waals surface area contributed by atoms with E-state index >= 15 is 0 Å². The molecule has 0 saturated carbocycles. The maximum atomic E-state index is 12.7. The molecule has 26 heavy (non-hydrogen) atoms. The molecule has 0 aliphatic heterocycles. The number of amides is 2. The van der Waals surface area contributed by atoms with Crippen molar-refractivity contribution in [2.75, 3.05) is 27.2 Å². The number of halogens is 4. The fourth-order valence-electron chi connectivity index (χ4n) is 1.69. The highest BCUT2D eigenvalue weighted by atomic mass is 35.5. The third-order valence-electron chi connectivity index (χ3n) is 3.11. The van der Waals surface area contributed by atoms with Crippen LogP contribution >= 0.6 is 11.6 Å². The van der Waals surface area contributed by atoms with Crippen molar-refractivity contribution < 1.29 is 32.3 Å². The number of rotatable bonds is 6. The van der Waals surface area contributed by atoms with Gasteiger partial charge in [-0.15, -0.1) is 0 Å². The zero-order valence-electron chi connectivity index (χ0n) is 13.7. The number of carbonyl (C=O) groups is 3. The Bertz CT molecular complexity index is 763. The van der Waals surface area contributed by atoms with Gasteiger partial charge < -0.3 is 19.5 Å². The minimum atomic E-state index is -4.76. The molecule has 0 radical (unpaired) electrons. The molecule has 0 spiro atoms. The lowest BCUT2D eigenvalue weighted by Crippen LogP contribution is -2.39. The van der Waals surface area contributed by atoms with Crippen molar-refractivity contribution in [3.8, 4) is 0 Å². The molecule has 0 fully saturated rings. The van der Waals surface area contributed by atoms with Crippen LogP contribution in [0.1, 0.15) is 5.56 Å².